The van der Waals surface area contributed by atoms with E-state index in [1.165, 1.54) is 31.5 Å². The van der Waals surface area contributed by atoms with Crippen LogP contribution in [0.3, 0.4) is 0 Å². The lowest BCUT2D eigenvalue weighted by Gasteiger charge is -2.22. The van der Waals surface area contributed by atoms with E-state index in [4.69, 9.17) is 0 Å². The standard InChI is InChI=1S/C12H17N.2C2H6/c1-2-13-10-6-9-12(13)11-7-4-3-5-8-11;2*1-2/h3-5,7-8,12H,2,6,9-10H2,1H3;2*1-2H3. The number of rotatable bonds is 2. The predicted octanol–water partition coefficient (Wildman–Crippen LogP) is 4.90. The van der Waals surface area contributed by atoms with Crippen molar-refractivity contribution < 1.29 is 0 Å². The van der Waals surface area contributed by atoms with Crippen molar-refractivity contribution in [3.05, 3.63) is 35.9 Å². The van der Waals surface area contributed by atoms with Crippen LogP contribution in [0.4, 0.5) is 0 Å². The molecule has 1 aromatic rings. The topological polar surface area (TPSA) is 3.24 Å². The molecule has 1 heterocycles. The van der Waals surface area contributed by atoms with Crippen molar-refractivity contribution in [2.75, 3.05) is 13.1 Å². The van der Waals surface area contributed by atoms with Gasteiger partial charge in [0.25, 0.3) is 0 Å². The van der Waals surface area contributed by atoms with Crippen LogP contribution >= 0.6 is 0 Å². The molecule has 1 nitrogen and oxygen atoms in total. The summed E-state index contributed by atoms with van der Waals surface area (Å²) in [6.07, 6.45) is 2.69. The molecule has 1 aromatic carbocycles. The molecule has 0 N–H and O–H groups in total. The summed E-state index contributed by atoms with van der Waals surface area (Å²) in [5, 5.41) is 0. The molecule has 0 bridgehead atoms. The third-order valence-electron chi connectivity index (χ3n) is 2.95. The van der Waals surface area contributed by atoms with E-state index >= 15 is 0 Å². The second kappa shape index (κ2) is 10.3. The van der Waals surface area contributed by atoms with E-state index < -0.39 is 0 Å². The number of likely N-dealkylation sites (tertiary alicyclic amines) is 1. The molecule has 98 valence electrons. The lowest BCUT2D eigenvalue weighted by Crippen LogP contribution is -2.22. The summed E-state index contributed by atoms with van der Waals surface area (Å²) in [6.45, 7) is 12.7. The second-order valence-corrected chi connectivity index (χ2v) is 3.70. The Balaban J connectivity index is 0.000000581. The zero-order valence-corrected chi connectivity index (χ0v) is 12.2. The largest absolute Gasteiger partial charge is 0.297 e. The quantitative estimate of drug-likeness (QED) is 0.705. The molecule has 1 aliphatic rings. The Hall–Kier alpha value is -0.820. The van der Waals surface area contributed by atoms with E-state index in [2.05, 4.69) is 42.2 Å². The minimum Gasteiger partial charge on any atom is -0.297 e. The number of hydrogen-bond acceptors (Lipinski definition) is 1. The molecule has 0 radical (unpaired) electrons. The average Bonchev–Trinajstić information content (AvgIpc) is 2.92. The summed E-state index contributed by atoms with van der Waals surface area (Å²) < 4.78 is 0. The third kappa shape index (κ3) is 4.91. The normalized spacial score (nSPS) is 18.8. The lowest BCUT2D eigenvalue weighted by atomic mass is 10.1. The number of nitrogens with zero attached hydrogens (tertiary/aromatic N) is 1. The first-order chi connectivity index (χ1) is 8.42. The molecule has 0 aromatic heterocycles. The van der Waals surface area contributed by atoms with E-state index in [-0.39, 0.29) is 0 Å². The molecule has 0 aliphatic carbocycles. The molecule has 1 atom stereocenters. The minimum atomic E-state index is 0.686. The van der Waals surface area contributed by atoms with Crippen molar-refractivity contribution >= 4 is 0 Å². The van der Waals surface area contributed by atoms with Gasteiger partial charge in [-0.1, -0.05) is 65.0 Å². The molecule has 2 rings (SSSR count). The lowest BCUT2D eigenvalue weighted by molar-refractivity contribution is 0.271. The van der Waals surface area contributed by atoms with Crippen molar-refractivity contribution in [3.8, 4) is 0 Å². The molecule has 1 unspecified atom stereocenters. The van der Waals surface area contributed by atoms with Crippen molar-refractivity contribution in [2.24, 2.45) is 0 Å². The molecule has 17 heavy (non-hydrogen) atoms. The van der Waals surface area contributed by atoms with Crippen molar-refractivity contribution in [1.82, 2.24) is 4.90 Å². The Labute approximate surface area is 108 Å². The monoisotopic (exact) mass is 235 g/mol. The summed E-state index contributed by atoms with van der Waals surface area (Å²) >= 11 is 0. The van der Waals surface area contributed by atoms with Crippen molar-refractivity contribution in [3.63, 3.8) is 0 Å². The van der Waals surface area contributed by atoms with Crippen LogP contribution in [0.1, 0.15) is 59.1 Å². The van der Waals surface area contributed by atoms with Crippen LogP contribution < -0.4 is 0 Å². The molecule has 1 fully saturated rings. The Morgan fingerprint density at radius 2 is 1.65 bits per heavy atom. The summed E-state index contributed by atoms with van der Waals surface area (Å²) in [4.78, 5) is 2.56. The molecule has 1 heteroatoms. The summed E-state index contributed by atoms with van der Waals surface area (Å²) in [7, 11) is 0. The van der Waals surface area contributed by atoms with Gasteiger partial charge in [0.05, 0.1) is 0 Å². The fraction of sp³-hybridized carbons (Fsp3) is 0.625. The number of hydrogen-bond donors (Lipinski definition) is 0. The minimum absolute atomic E-state index is 0.686. The number of benzene rings is 1. The van der Waals surface area contributed by atoms with Gasteiger partial charge in [-0.3, -0.25) is 4.90 Å². The molecule has 0 amide bonds. The molecule has 1 aliphatic heterocycles. The Bertz CT molecular complexity index is 255. The zero-order chi connectivity index (χ0) is 13.1. The molecular formula is C16H29N. The van der Waals surface area contributed by atoms with Gasteiger partial charge in [-0.2, -0.15) is 0 Å². The van der Waals surface area contributed by atoms with Crippen LogP contribution in [-0.2, 0) is 0 Å². The fourth-order valence-electron chi connectivity index (χ4n) is 2.26. The van der Waals surface area contributed by atoms with Crippen LogP contribution in [0.25, 0.3) is 0 Å². The van der Waals surface area contributed by atoms with Gasteiger partial charge in [-0.15, -0.1) is 0 Å². The molecule has 1 saturated heterocycles. The SMILES string of the molecule is CC.CC.CCN1CCCC1c1ccccc1. The van der Waals surface area contributed by atoms with E-state index in [1.807, 2.05) is 27.7 Å². The second-order valence-electron chi connectivity index (χ2n) is 3.70. The summed E-state index contributed by atoms with van der Waals surface area (Å²) in [5.41, 5.74) is 1.49. The molecule has 0 saturated carbocycles. The van der Waals surface area contributed by atoms with Crippen LogP contribution in [-0.4, -0.2) is 18.0 Å². The van der Waals surface area contributed by atoms with E-state index in [0.717, 1.165) is 0 Å². The highest BCUT2D eigenvalue weighted by Crippen LogP contribution is 2.30. The Morgan fingerprint density at radius 1 is 1.06 bits per heavy atom. The van der Waals surface area contributed by atoms with Crippen LogP contribution in [0, 0.1) is 0 Å². The Morgan fingerprint density at radius 3 is 2.18 bits per heavy atom. The average molecular weight is 235 g/mol. The first-order valence-corrected chi connectivity index (χ1v) is 7.21. The van der Waals surface area contributed by atoms with Gasteiger partial charge in [0.1, 0.15) is 0 Å². The van der Waals surface area contributed by atoms with Crippen LogP contribution in [0.2, 0.25) is 0 Å². The third-order valence-corrected chi connectivity index (χ3v) is 2.95. The highest BCUT2D eigenvalue weighted by atomic mass is 15.2. The smallest absolute Gasteiger partial charge is 0.0348 e. The van der Waals surface area contributed by atoms with E-state index in [1.54, 1.807) is 0 Å². The highest BCUT2D eigenvalue weighted by Gasteiger charge is 2.23. The maximum absolute atomic E-state index is 2.56. The first kappa shape index (κ1) is 16.2. The fourth-order valence-corrected chi connectivity index (χ4v) is 2.26. The van der Waals surface area contributed by atoms with Crippen molar-refractivity contribution in [2.45, 2.75) is 53.5 Å². The summed E-state index contributed by atoms with van der Waals surface area (Å²) in [6, 6.07) is 11.6. The maximum Gasteiger partial charge on any atom is 0.0348 e. The van der Waals surface area contributed by atoms with Gasteiger partial charge < -0.3 is 0 Å². The van der Waals surface area contributed by atoms with E-state index in [0.29, 0.717) is 6.04 Å². The highest BCUT2D eigenvalue weighted by molar-refractivity contribution is 5.19. The zero-order valence-electron chi connectivity index (χ0n) is 12.2. The predicted molar refractivity (Wildman–Crippen MR) is 78.4 cm³/mol. The molecular weight excluding hydrogens is 206 g/mol. The summed E-state index contributed by atoms with van der Waals surface area (Å²) in [5.74, 6) is 0. The maximum atomic E-state index is 2.56. The van der Waals surface area contributed by atoms with E-state index in [9.17, 15) is 0 Å². The first-order valence-electron chi connectivity index (χ1n) is 7.21. The Kier molecular flexibility index (Phi) is 9.84. The van der Waals surface area contributed by atoms with Gasteiger partial charge in [0.2, 0.25) is 0 Å². The molecule has 0 spiro atoms. The van der Waals surface area contributed by atoms with Crippen LogP contribution in [0.15, 0.2) is 30.3 Å². The van der Waals surface area contributed by atoms with Gasteiger partial charge in [0.15, 0.2) is 0 Å². The van der Waals surface area contributed by atoms with Gasteiger partial charge >= 0.3 is 0 Å². The van der Waals surface area contributed by atoms with Gasteiger partial charge in [0, 0.05) is 6.04 Å². The van der Waals surface area contributed by atoms with Gasteiger partial charge in [-0.05, 0) is 31.5 Å². The van der Waals surface area contributed by atoms with Crippen LogP contribution in [0.5, 0.6) is 0 Å². The van der Waals surface area contributed by atoms with Gasteiger partial charge in [-0.25, -0.2) is 0 Å². The van der Waals surface area contributed by atoms with Crippen molar-refractivity contribution in [1.29, 1.82) is 0 Å².